The van der Waals surface area contributed by atoms with Crippen LogP contribution >= 0.6 is 23.2 Å². The normalized spacial score (nSPS) is 21.7. The van der Waals surface area contributed by atoms with Gasteiger partial charge in [0, 0.05) is 39.8 Å². The van der Waals surface area contributed by atoms with E-state index in [0.717, 1.165) is 4.31 Å². The number of hydrogen-bond acceptors (Lipinski definition) is 7. The molecule has 3 aromatic carbocycles. The third kappa shape index (κ3) is 4.84. The van der Waals surface area contributed by atoms with E-state index in [-0.39, 0.29) is 50.5 Å². The van der Waals surface area contributed by atoms with Crippen LogP contribution in [0, 0.1) is 0 Å². The van der Waals surface area contributed by atoms with E-state index in [1.165, 1.54) is 67.7 Å². The van der Waals surface area contributed by atoms with E-state index in [0.29, 0.717) is 18.6 Å². The number of likely N-dealkylation sites (tertiary alicyclic amines) is 1. The molecule has 2 heterocycles. The van der Waals surface area contributed by atoms with E-state index < -0.39 is 39.6 Å². The molecule has 3 atom stereocenters. The third-order valence-electron chi connectivity index (χ3n) is 7.74. The molecule has 0 bridgehead atoms. The minimum atomic E-state index is -4.59. The van der Waals surface area contributed by atoms with Crippen molar-refractivity contribution in [2.75, 3.05) is 25.1 Å². The molecule has 0 aromatic heterocycles. The Labute approximate surface area is 253 Å². The van der Waals surface area contributed by atoms with Gasteiger partial charge in [-0.25, -0.2) is 12.7 Å². The standard InChI is InChI=1S/C29H28Cl2N2O8S/c1-40-24-12-10-19(16-25(24)41-2)42(38,39)33-23-11-9-17(30)14-21(23)29(37,20-7-3-4-8-22(20)31)27(33)28(36)32-13-5-6-18(32)15-26(34)35/h3-4,7-12,14,16,18,27,37H,5-6,13,15H2,1-2H3,(H,34,35)/t18-,27?,29?/m1/s1. The number of carboxylic acid groups (broad SMARTS) is 1. The number of amides is 1. The maximum Gasteiger partial charge on any atom is 0.305 e. The Hall–Kier alpha value is -3.51. The second-order valence-corrected chi connectivity index (χ2v) is 12.7. The highest BCUT2D eigenvalue weighted by Gasteiger charge is 2.60. The number of carbonyl (C=O) groups is 2. The number of benzene rings is 3. The summed E-state index contributed by atoms with van der Waals surface area (Å²) in [4.78, 5) is 27.3. The number of carboxylic acids is 1. The van der Waals surface area contributed by atoms with Crippen molar-refractivity contribution in [1.82, 2.24) is 4.90 Å². The van der Waals surface area contributed by atoms with Crippen LogP contribution in [-0.4, -0.2) is 68.3 Å². The zero-order chi connectivity index (χ0) is 30.4. The number of carbonyl (C=O) groups excluding carboxylic acids is 1. The molecule has 0 radical (unpaired) electrons. The predicted octanol–water partition coefficient (Wildman–Crippen LogP) is 4.29. The Kier molecular flexibility index (Phi) is 8.06. The number of methoxy groups -OCH3 is 2. The number of sulfonamides is 1. The molecule has 1 saturated heterocycles. The summed E-state index contributed by atoms with van der Waals surface area (Å²) < 4.78 is 40.5. The first-order valence-electron chi connectivity index (χ1n) is 13.0. The van der Waals surface area contributed by atoms with Crippen molar-refractivity contribution in [3.8, 4) is 11.5 Å². The lowest BCUT2D eigenvalue weighted by atomic mass is 9.82. The molecule has 0 spiro atoms. The molecule has 1 fully saturated rings. The van der Waals surface area contributed by atoms with E-state index in [4.69, 9.17) is 32.7 Å². The van der Waals surface area contributed by atoms with Gasteiger partial charge in [0.1, 0.15) is 5.60 Å². The first-order chi connectivity index (χ1) is 19.9. The Morgan fingerprint density at radius 2 is 1.71 bits per heavy atom. The summed E-state index contributed by atoms with van der Waals surface area (Å²) in [6.07, 6.45) is 0.600. The van der Waals surface area contributed by atoms with Crippen LogP contribution in [0.15, 0.2) is 65.6 Å². The molecule has 2 aliphatic rings. The SMILES string of the molecule is COc1ccc(S(=O)(=O)N2c3ccc(Cl)cc3C(O)(c3ccccc3Cl)C2C(=O)N2CCC[C@@H]2CC(=O)O)cc1OC. The number of aliphatic hydroxyl groups is 1. The van der Waals surface area contributed by atoms with Crippen molar-refractivity contribution in [2.45, 2.75) is 41.8 Å². The zero-order valence-electron chi connectivity index (χ0n) is 22.7. The van der Waals surface area contributed by atoms with Crippen LogP contribution in [0.1, 0.15) is 30.4 Å². The lowest BCUT2D eigenvalue weighted by molar-refractivity contribution is -0.141. The first-order valence-corrected chi connectivity index (χ1v) is 15.2. The van der Waals surface area contributed by atoms with Gasteiger partial charge < -0.3 is 24.6 Å². The fraction of sp³-hybridized carbons (Fsp3) is 0.310. The summed E-state index contributed by atoms with van der Waals surface area (Å²) in [5, 5.41) is 22.5. The van der Waals surface area contributed by atoms with Crippen LogP contribution in [-0.2, 0) is 25.2 Å². The van der Waals surface area contributed by atoms with Gasteiger partial charge in [0.05, 0.1) is 31.2 Å². The Morgan fingerprint density at radius 1 is 1.00 bits per heavy atom. The van der Waals surface area contributed by atoms with Crippen molar-refractivity contribution < 1.29 is 37.7 Å². The van der Waals surface area contributed by atoms with Crippen molar-refractivity contribution in [3.63, 3.8) is 0 Å². The number of anilines is 1. The molecule has 0 saturated carbocycles. The Balaban J connectivity index is 1.78. The van der Waals surface area contributed by atoms with Gasteiger partial charge in [0.2, 0.25) is 0 Å². The quantitative estimate of drug-likeness (QED) is 0.375. The first kappa shape index (κ1) is 30.0. The van der Waals surface area contributed by atoms with Crippen LogP contribution in [0.5, 0.6) is 11.5 Å². The van der Waals surface area contributed by atoms with Gasteiger partial charge >= 0.3 is 5.97 Å². The average Bonchev–Trinajstić information content (AvgIpc) is 3.52. The zero-order valence-corrected chi connectivity index (χ0v) is 25.0. The molecular formula is C29H28Cl2N2O8S. The van der Waals surface area contributed by atoms with Gasteiger partial charge in [-0.05, 0) is 49.2 Å². The largest absolute Gasteiger partial charge is 0.493 e. The minimum absolute atomic E-state index is 0.0175. The number of rotatable bonds is 8. The molecule has 0 aliphatic carbocycles. The second-order valence-electron chi connectivity index (χ2n) is 10.1. The summed E-state index contributed by atoms with van der Waals surface area (Å²) in [6.45, 7) is 0.188. The molecule has 13 heteroatoms. The summed E-state index contributed by atoms with van der Waals surface area (Å²) in [5.74, 6) is -1.44. The monoisotopic (exact) mass is 634 g/mol. The van der Waals surface area contributed by atoms with Gasteiger partial charge in [0.25, 0.3) is 15.9 Å². The van der Waals surface area contributed by atoms with Gasteiger partial charge in [-0.1, -0.05) is 41.4 Å². The molecule has 1 amide bonds. The van der Waals surface area contributed by atoms with Crippen LogP contribution < -0.4 is 13.8 Å². The van der Waals surface area contributed by atoms with Gasteiger partial charge in [-0.2, -0.15) is 0 Å². The fourth-order valence-electron chi connectivity index (χ4n) is 5.86. The second kappa shape index (κ2) is 11.3. The maximum atomic E-state index is 14.6. The topological polar surface area (TPSA) is 134 Å². The highest BCUT2D eigenvalue weighted by molar-refractivity contribution is 7.93. The summed E-state index contributed by atoms with van der Waals surface area (Å²) in [7, 11) is -1.82. The highest BCUT2D eigenvalue weighted by atomic mass is 35.5. The molecule has 10 nitrogen and oxygen atoms in total. The summed E-state index contributed by atoms with van der Waals surface area (Å²) >= 11 is 12.9. The molecule has 222 valence electrons. The smallest absolute Gasteiger partial charge is 0.305 e. The molecule has 5 rings (SSSR count). The van der Waals surface area contributed by atoms with Crippen LogP contribution in [0.2, 0.25) is 10.0 Å². The van der Waals surface area contributed by atoms with E-state index in [1.54, 1.807) is 12.1 Å². The van der Waals surface area contributed by atoms with E-state index in [1.807, 2.05) is 0 Å². The number of nitrogens with zero attached hydrogens (tertiary/aromatic N) is 2. The number of hydrogen-bond donors (Lipinski definition) is 2. The molecule has 3 aromatic rings. The lowest BCUT2D eigenvalue weighted by Crippen LogP contribution is -2.58. The average molecular weight is 636 g/mol. The van der Waals surface area contributed by atoms with Gasteiger partial charge in [-0.15, -0.1) is 0 Å². The molecule has 2 unspecified atom stereocenters. The van der Waals surface area contributed by atoms with Gasteiger partial charge in [0.15, 0.2) is 17.5 Å². The number of fused-ring (bicyclic) bond motifs is 1. The maximum absolute atomic E-state index is 14.6. The van der Waals surface area contributed by atoms with Crippen LogP contribution in [0.4, 0.5) is 5.69 Å². The molecule has 2 aliphatic heterocycles. The predicted molar refractivity (Wildman–Crippen MR) is 156 cm³/mol. The highest BCUT2D eigenvalue weighted by Crippen LogP contribution is 2.53. The number of aliphatic carboxylic acids is 1. The minimum Gasteiger partial charge on any atom is -0.493 e. The third-order valence-corrected chi connectivity index (χ3v) is 10.1. The van der Waals surface area contributed by atoms with Crippen molar-refractivity contribution >= 4 is 50.8 Å². The van der Waals surface area contributed by atoms with Crippen molar-refractivity contribution in [3.05, 3.63) is 81.8 Å². The van der Waals surface area contributed by atoms with E-state index in [2.05, 4.69) is 0 Å². The van der Waals surface area contributed by atoms with Gasteiger partial charge in [-0.3, -0.25) is 9.59 Å². The molecular weight excluding hydrogens is 607 g/mol. The van der Waals surface area contributed by atoms with Crippen LogP contribution in [0.3, 0.4) is 0 Å². The Morgan fingerprint density at radius 3 is 2.38 bits per heavy atom. The lowest BCUT2D eigenvalue weighted by Gasteiger charge is -2.38. The van der Waals surface area contributed by atoms with E-state index >= 15 is 0 Å². The summed E-state index contributed by atoms with van der Waals surface area (Å²) in [6, 6.07) is 12.1. The van der Waals surface area contributed by atoms with Crippen molar-refractivity contribution in [1.29, 1.82) is 0 Å². The number of ether oxygens (including phenoxy) is 2. The molecule has 42 heavy (non-hydrogen) atoms. The van der Waals surface area contributed by atoms with Crippen LogP contribution in [0.25, 0.3) is 0 Å². The van der Waals surface area contributed by atoms with Crippen molar-refractivity contribution in [2.24, 2.45) is 0 Å². The fourth-order valence-corrected chi connectivity index (χ4v) is 7.97. The number of halogens is 2. The Bertz CT molecular complexity index is 1670. The molecule has 2 N–H and O–H groups in total. The van der Waals surface area contributed by atoms with E-state index in [9.17, 15) is 28.2 Å². The summed E-state index contributed by atoms with van der Waals surface area (Å²) in [5.41, 5.74) is -2.13.